The summed E-state index contributed by atoms with van der Waals surface area (Å²) < 4.78 is 5.93. The molecular weight excluding hydrogens is 280 g/mol. The third-order valence-corrected chi connectivity index (χ3v) is 6.12. The summed E-state index contributed by atoms with van der Waals surface area (Å²) in [6, 6.07) is 0. The van der Waals surface area contributed by atoms with Crippen LogP contribution in [0.3, 0.4) is 0 Å². The zero-order valence-corrected chi connectivity index (χ0v) is 15.3. The van der Waals surface area contributed by atoms with Crippen LogP contribution in [0.15, 0.2) is 24.8 Å². The summed E-state index contributed by atoms with van der Waals surface area (Å²) in [7, 11) is 0. The first-order valence-corrected chi connectivity index (χ1v) is 10.2. The molecule has 2 rings (SSSR count). The van der Waals surface area contributed by atoms with Crippen LogP contribution in [0, 0.1) is 17.8 Å². The van der Waals surface area contributed by atoms with E-state index in [4.69, 9.17) is 4.74 Å². The Morgan fingerprint density at radius 2 is 1.43 bits per heavy atom. The first kappa shape index (κ1) is 18.8. The Labute approximate surface area is 144 Å². The molecular formula is C22H38O. The summed E-state index contributed by atoms with van der Waals surface area (Å²) in [4.78, 5) is 0. The Hall–Kier alpha value is -0.560. The van der Waals surface area contributed by atoms with Gasteiger partial charge in [0.15, 0.2) is 0 Å². The molecule has 0 amide bonds. The van der Waals surface area contributed by atoms with Gasteiger partial charge in [-0.3, -0.25) is 0 Å². The van der Waals surface area contributed by atoms with E-state index in [1.807, 2.05) is 6.08 Å². The van der Waals surface area contributed by atoms with Gasteiger partial charge in [-0.15, -0.1) is 6.58 Å². The number of hydrogen-bond acceptors (Lipinski definition) is 1. The molecule has 2 fully saturated rings. The summed E-state index contributed by atoms with van der Waals surface area (Å²) >= 11 is 0. The molecule has 0 N–H and O–H groups in total. The standard InChI is InChI=1S/C22H38O/c1-3-5-7-19-8-10-20(11-9-19)12-13-21-14-16-22(17-15-21)23-18-6-4-2/h3-5,19-22H,2,6-18H2,1H3. The maximum Gasteiger partial charge on any atom is 0.0575 e. The molecule has 1 heteroatoms. The van der Waals surface area contributed by atoms with Crippen LogP contribution in [0.25, 0.3) is 0 Å². The van der Waals surface area contributed by atoms with E-state index in [0.717, 1.165) is 30.8 Å². The summed E-state index contributed by atoms with van der Waals surface area (Å²) in [6.45, 7) is 6.77. The van der Waals surface area contributed by atoms with Crippen molar-refractivity contribution in [3.8, 4) is 0 Å². The predicted octanol–water partition coefficient (Wildman–Crippen LogP) is 6.69. The second kappa shape index (κ2) is 11.1. The molecule has 132 valence electrons. The highest BCUT2D eigenvalue weighted by Crippen LogP contribution is 2.36. The molecule has 0 aromatic rings. The van der Waals surface area contributed by atoms with Crippen LogP contribution in [0.1, 0.15) is 84.0 Å². The van der Waals surface area contributed by atoms with Crippen molar-refractivity contribution in [1.29, 1.82) is 0 Å². The van der Waals surface area contributed by atoms with E-state index in [9.17, 15) is 0 Å². The minimum Gasteiger partial charge on any atom is -0.378 e. The molecule has 0 aromatic carbocycles. The van der Waals surface area contributed by atoms with Crippen molar-refractivity contribution in [2.45, 2.75) is 90.1 Å². The normalized spacial score (nSPS) is 32.2. The zero-order chi connectivity index (χ0) is 16.3. The predicted molar refractivity (Wildman–Crippen MR) is 101 cm³/mol. The van der Waals surface area contributed by atoms with Crippen LogP contribution < -0.4 is 0 Å². The molecule has 0 unspecified atom stereocenters. The Morgan fingerprint density at radius 3 is 2.00 bits per heavy atom. The fourth-order valence-electron chi connectivity index (χ4n) is 4.46. The van der Waals surface area contributed by atoms with E-state index in [-0.39, 0.29) is 0 Å². The number of ether oxygens (including phenoxy) is 1. The molecule has 2 aliphatic carbocycles. The van der Waals surface area contributed by atoms with Crippen LogP contribution in [0.2, 0.25) is 0 Å². The fourth-order valence-corrected chi connectivity index (χ4v) is 4.46. The van der Waals surface area contributed by atoms with Gasteiger partial charge in [0.05, 0.1) is 12.7 Å². The largest absolute Gasteiger partial charge is 0.378 e. The Bertz CT molecular complexity index is 330. The average Bonchev–Trinajstić information content (AvgIpc) is 2.60. The molecule has 0 saturated heterocycles. The molecule has 0 atom stereocenters. The van der Waals surface area contributed by atoms with E-state index in [1.54, 1.807) is 0 Å². The van der Waals surface area contributed by atoms with Gasteiger partial charge in [-0.05, 0) is 76.0 Å². The first-order chi connectivity index (χ1) is 11.3. The highest BCUT2D eigenvalue weighted by atomic mass is 16.5. The topological polar surface area (TPSA) is 9.23 Å². The van der Waals surface area contributed by atoms with Crippen molar-refractivity contribution in [3.63, 3.8) is 0 Å². The highest BCUT2D eigenvalue weighted by molar-refractivity contribution is 4.83. The van der Waals surface area contributed by atoms with Gasteiger partial charge in [0.1, 0.15) is 0 Å². The lowest BCUT2D eigenvalue weighted by atomic mass is 9.76. The van der Waals surface area contributed by atoms with Crippen LogP contribution in [-0.4, -0.2) is 12.7 Å². The van der Waals surface area contributed by atoms with Crippen molar-refractivity contribution in [2.75, 3.05) is 6.61 Å². The number of rotatable bonds is 9. The molecule has 0 aliphatic heterocycles. The molecule has 2 saturated carbocycles. The van der Waals surface area contributed by atoms with Gasteiger partial charge in [-0.25, -0.2) is 0 Å². The van der Waals surface area contributed by atoms with Crippen molar-refractivity contribution in [3.05, 3.63) is 24.8 Å². The summed E-state index contributed by atoms with van der Waals surface area (Å²) in [5.41, 5.74) is 0. The highest BCUT2D eigenvalue weighted by Gasteiger charge is 2.24. The zero-order valence-electron chi connectivity index (χ0n) is 15.3. The quantitative estimate of drug-likeness (QED) is 0.340. The molecule has 0 radical (unpaired) electrons. The number of allylic oxidation sites excluding steroid dienone is 2. The van der Waals surface area contributed by atoms with Gasteiger partial charge in [0.2, 0.25) is 0 Å². The van der Waals surface area contributed by atoms with E-state index < -0.39 is 0 Å². The van der Waals surface area contributed by atoms with Gasteiger partial charge in [0, 0.05) is 0 Å². The van der Waals surface area contributed by atoms with Crippen molar-refractivity contribution in [2.24, 2.45) is 17.8 Å². The van der Waals surface area contributed by atoms with Crippen LogP contribution in [0.5, 0.6) is 0 Å². The third-order valence-electron chi connectivity index (χ3n) is 6.12. The van der Waals surface area contributed by atoms with Crippen LogP contribution in [-0.2, 0) is 4.74 Å². The Kier molecular flexibility index (Phi) is 9.04. The van der Waals surface area contributed by atoms with Crippen molar-refractivity contribution < 1.29 is 4.74 Å². The van der Waals surface area contributed by atoms with E-state index in [0.29, 0.717) is 6.10 Å². The third kappa shape index (κ3) is 7.25. The van der Waals surface area contributed by atoms with Crippen molar-refractivity contribution in [1.82, 2.24) is 0 Å². The maximum atomic E-state index is 5.93. The maximum absolute atomic E-state index is 5.93. The monoisotopic (exact) mass is 318 g/mol. The summed E-state index contributed by atoms with van der Waals surface area (Å²) in [5, 5.41) is 0. The molecule has 0 bridgehead atoms. The molecule has 2 aliphatic rings. The Morgan fingerprint density at radius 1 is 0.870 bits per heavy atom. The molecule has 23 heavy (non-hydrogen) atoms. The summed E-state index contributed by atoms with van der Waals surface area (Å²) in [6.07, 6.45) is 23.6. The molecule has 0 spiro atoms. The Balaban J connectivity index is 1.53. The fraction of sp³-hybridized carbons (Fsp3) is 0.818. The molecule has 1 nitrogen and oxygen atoms in total. The van der Waals surface area contributed by atoms with E-state index in [1.165, 1.54) is 70.6 Å². The average molecular weight is 319 g/mol. The smallest absolute Gasteiger partial charge is 0.0575 e. The van der Waals surface area contributed by atoms with Gasteiger partial charge < -0.3 is 4.74 Å². The van der Waals surface area contributed by atoms with Crippen LogP contribution in [0.4, 0.5) is 0 Å². The van der Waals surface area contributed by atoms with Crippen molar-refractivity contribution >= 4 is 0 Å². The van der Waals surface area contributed by atoms with Gasteiger partial charge in [0.25, 0.3) is 0 Å². The lowest BCUT2D eigenvalue weighted by molar-refractivity contribution is 0.0189. The minimum absolute atomic E-state index is 0.535. The van der Waals surface area contributed by atoms with Gasteiger partial charge in [-0.1, -0.05) is 43.9 Å². The van der Waals surface area contributed by atoms with E-state index >= 15 is 0 Å². The molecule has 0 aromatic heterocycles. The number of hydrogen-bond donors (Lipinski definition) is 0. The first-order valence-electron chi connectivity index (χ1n) is 10.2. The van der Waals surface area contributed by atoms with Gasteiger partial charge in [-0.2, -0.15) is 0 Å². The van der Waals surface area contributed by atoms with Gasteiger partial charge >= 0.3 is 0 Å². The van der Waals surface area contributed by atoms with Crippen LogP contribution >= 0.6 is 0 Å². The SMILES string of the molecule is C=CCCOC1CCC(CCC2CCC(CC=CC)CC2)CC1. The molecule has 0 heterocycles. The second-order valence-electron chi connectivity index (χ2n) is 7.86. The lowest BCUT2D eigenvalue weighted by Gasteiger charge is -2.31. The lowest BCUT2D eigenvalue weighted by Crippen LogP contribution is -2.23. The van der Waals surface area contributed by atoms with E-state index in [2.05, 4.69) is 25.7 Å². The second-order valence-corrected chi connectivity index (χ2v) is 7.86. The summed E-state index contributed by atoms with van der Waals surface area (Å²) in [5.74, 6) is 2.99. The minimum atomic E-state index is 0.535.